The molecule has 0 saturated carbocycles. The molecule has 112 valence electrons. The number of pyridine rings is 1. The molecule has 1 aromatic heterocycles. The summed E-state index contributed by atoms with van der Waals surface area (Å²) in [6.45, 7) is 6.46. The minimum Gasteiger partial charge on any atom is -0.354 e. The van der Waals surface area contributed by atoms with Gasteiger partial charge in [-0.15, -0.1) is 0 Å². The number of nitrogens with zero attached hydrogens (tertiary/aromatic N) is 1. The van der Waals surface area contributed by atoms with E-state index in [9.17, 15) is 4.79 Å². The molecule has 0 aliphatic carbocycles. The third-order valence-electron chi connectivity index (χ3n) is 3.63. The van der Waals surface area contributed by atoms with Gasteiger partial charge < -0.3 is 11.1 Å². The number of para-hydroxylation sites is 1. The highest BCUT2D eigenvalue weighted by molar-refractivity contribution is 5.83. The Morgan fingerprint density at radius 1 is 1.29 bits per heavy atom. The van der Waals surface area contributed by atoms with Crippen molar-refractivity contribution in [2.75, 3.05) is 6.54 Å². The van der Waals surface area contributed by atoms with Crippen LogP contribution in [0.2, 0.25) is 0 Å². The van der Waals surface area contributed by atoms with E-state index in [1.54, 1.807) is 6.20 Å². The molecule has 0 fully saturated rings. The smallest absolute Gasteiger partial charge is 0.237 e. The van der Waals surface area contributed by atoms with Crippen LogP contribution in [0.1, 0.15) is 26.3 Å². The fourth-order valence-electron chi connectivity index (χ4n) is 2.19. The fraction of sp³-hybridized carbons (Fsp3) is 0.412. The van der Waals surface area contributed by atoms with Gasteiger partial charge in [-0.25, -0.2) is 0 Å². The Kier molecular flexibility index (Phi) is 4.58. The van der Waals surface area contributed by atoms with Gasteiger partial charge in [-0.05, 0) is 23.5 Å². The molecule has 0 bridgehead atoms. The lowest BCUT2D eigenvalue weighted by atomic mass is 9.87. The van der Waals surface area contributed by atoms with E-state index in [0.29, 0.717) is 6.54 Å². The van der Waals surface area contributed by atoms with E-state index in [4.69, 9.17) is 5.73 Å². The van der Waals surface area contributed by atoms with Crippen molar-refractivity contribution in [2.45, 2.75) is 33.2 Å². The summed E-state index contributed by atoms with van der Waals surface area (Å²) in [6.07, 6.45) is 2.54. The van der Waals surface area contributed by atoms with E-state index in [2.05, 4.69) is 10.3 Å². The molecule has 1 aromatic carbocycles. The molecular weight excluding hydrogens is 262 g/mol. The summed E-state index contributed by atoms with van der Waals surface area (Å²) >= 11 is 0. The largest absolute Gasteiger partial charge is 0.354 e. The number of hydrogen-bond acceptors (Lipinski definition) is 3. The molecule has 0 spiro atoms. The van der Waals surface area contributed by atoms with Gasteiger partial charge in [0.15, 0.2) is 0 Å². The number of aromatic nitrogens is 1. The van der Waals surface area contributed by atoms with Crippen LogP contribution in [-0.2, 0) is 11.2 Å². The van der Waals surface area contributed by atoms with Crippen LogP contribution in [0.25, 0.3) is 10.9 Å². The average Bonchev–Trinajstić information content (AvgIpc) is 2.45. The second-order valence-electron chi connectivity index (χ2n) is 6.38. The van der Waals surface area contributed by atoms with Gasteiger partial charge in [0, 0.05) is 18.1 Å². The predicted molar refractivity (Wildman–Crippen MR) is 85.9 cm³/mol. The fourth-order valence-corrected chi connectivity index (χ4v) is 2.19. The van der Waals surface area contributed by atoms with E-state index < -0.39 is 6.04 Å². The molecular formula is C17H23N3O. The van der Waals surface area contributed by atoms with Gasteiger partial charge in [0.1, 0.15) is 0 Å². The van der Waals surface area contributed by atoms with E-state index in [0.717, 1.165) is 22.9 Å². The molecule has 1 atom stereocenters. The SMILES string of the molecule is CC(C)(C)[C@@H](N)C(=O)NCCc1cccc2cccnc12. The molecule has 0 unspecified atom stereocenters. The van der Waals surface area contributed by atoms with Crippen molar-refractivity contribution >= 4 is 16.8 Å². The van der Waals surface area contributed by atoms with Crippen LogP contribution < -0.4 is 11.1 Å². The predicted octanol–water partition coefficient (Wildman–Crippen LogP) is 2.27. The molecule has 1 heterocycles. The maximum absolute atomic E-state index is 12.0. The van der Waals surface area contributed by atoms with Gasteiger partial charge in [0.05, 0.1) is 11.6 Å². The summed E-state index contributed by atoms with van der Waals surface area (Å²) < 4.78 is 0. The Bertz CT molecular complexity index is 626. The quantitative estimate of drug-likeness (QED) is 0.905. The molecule has 1 amide bonds. The molecule has 4 nitrogen and oxygen atoms in total. The second kappa shape index (κ2) is 6.22. The summed E-state index contributed by atoms with van der Waals surface area (Å²) in [5.41, 5.74) is 7.84. The second-order valence-corrected chi connectivity index (χ2v) is 6.38. The number of nitrogens with one attached hydrogen (secondary N) is 1. The minimum absolute atomic E-state index is 0.101. The number of nitrogens with two attached hydrogens (primary N) is 1. The van der Waals surface area contributed by atoms with Crippen LogP contribution in [0, 0.1) is 5.41 Å². The summed E-state index contributed by atoms with van der Waals surface area (Å²) in [5.74, 6) is -0.101. The van der Waals surface area contributed by atoms with Crippen LogP contribution in [0.15, 0.2) is 36.5 Å². The zero-order chi connectivity index (χ0) is 15.5. The molecule has 21 heavy (non-hydrogen) atoms. The molecule has 2 aromatic rings. The van der Waals surface area contributed by atoms with Crippen LogP contribution in [0.3, 0.4) is 0 Å². The number of rotatable bonds is 4. The van der Waals surface area contributed by atoms with Crippen LogP contribution >= 0.6 is 0 Å². The maximum atomic E-state index is 12.0. The molecule has 4 heteroatoms. The van der Waals surface area contributed by atoms with Gasteiger partial charge in [-0.3, -0.25) is 9.78 Å². The lowest BCUT2D eigenvalue weighted by molar-refractivity contribution is -0.124. The van der Waals surface area contributed by atoms with Crippen molar-refractivity contribution in [3.05, 3.63) is 42.1 Å². The number of carbonyl (C=O) groups excluding carboxylic acids is 1. The van der Waals surface area contributed by atoms with Gasteiger partial charge >= 0.3 is 0 Å². The Balaban J connectivity index is 1.98. The summed E-state index contributed by atoms with van der Waals surface area (Å²) in [6, 6.07) is 9.58. The normalized spacial score (nSPS) is 13.1. The lowest BCUT2D eigenvalue weighted by Crippen LogP contribution is -2.49. The van der Waals surface area contributed by atoms with Crippen LogP contribution in [-0.4, -0.2) is 23.5 Å². The zero-order valence-electron chi connectivity index (χ0n) is 12.9. The molecule has 0 aliphatic rings. The van der Waals surface area contributed by atoms with Crippen LogP contribution in [0.4, 0.5) is 0 Å². The Hall–Kier alpha value is -1.94. The maximum Gasteiger partial charge on any atom is 0.237 e. The van der Waals surface area contributed by atoms with Gasteiger partial charge in [-0.2, -0.15) is 0 Å². The standard InChI is InChI=1S/C17H23N3O/c1-17(2,3)15(18)16(21)20-11-9-13-7-4-6-12-8-5-10-19-14(12)13/h4-8,10,15H,9,11,18H2,1-3H3,(H,20,21)/t15-/m0/s1. The number of fused-ring (bicyclic) bond motifs is 1. The van der Waals surface area contributed by atoms with Gasteiger partial charge in [0.25, 0.3) is 0 Å². The molecule has 0 saturated heterocycles. The highest BCUT2D eigenvalue weighted by Gasteiger charge is 2.26. The zero-order valence-corrected chi connectivity index (χ0v) is 12.9. The molecule has 0 radical (unpaired) electrons. The first-order chi connectivity index (χ1) is 9.89. The van der Waals surface area contributed by atoms with Crippen molar-refractivity contribution in [1.29, 1.82) is 0 Å². The van der Waals surface area contributed by atoms with Crippen molar-refractivity contribution in [3.63, 3.8) is 0 Å². The summed E-state index contributed by atoms with van der Waals surface area (Å²) in [7, 11) is 0. The monoisotopic (exact) mass is 285 g/mol. The first-order valence-electron chi connectivity index (χ1n) is 7.25. The van der Waals surface area contributed by atoms with Crippen molar-refractivity contribution in [3.8, 4) is 0 Å². The Morgan fingerprint density at radius 2 is 2.00 bits per heavy atom. The highest BCUT2D eigenvalue weighted by Crippen LogP contribution is 2.18. The number of benzene rings is 1. The first kappa shape index (κ1) is 15.4. The average molecular weight is 285 g/mol. The van der Waals surface area contributed by atoms with E-state index in [-0.39, 0.29) is 11.3 Å². The summed E-state index contributed by atoms with van der Waals surface area (Å²) in [5, 5.41) is 4.03. The summed E-state index contributed by atoms with van der Waals surface area (Å²) in [4.78, 5) is 16.4. The first-order valence-corrected chi connectivity index (χ1v) is 7.25. The third kappa shape index (κ3) is 3.79. The lowest BCUT2D eigenvalue weighted by Gasteiger charge is -2.25. The Morgan fingerprint density at radius 3 is 2.71 bits per heavy atom. The highest BCUT2D eigenvalue weighted by atomic mass is 16.2. The van der Waals surface area contributed by atoms with Crippen molar-refractivity contribution in [1.82, 2.24) is 10.3 Å². The van der Waals surface area contributed by atoms with Gasteiger partial charge in [-0.1, -0.05) is 45.0 Å². The Labute approximate surface area is 125 Å². The van der Waals surface area contributed by atoms with E-state index >= 15 is 0 Å². The van der Waals surface area contributed by atoms with Gasteiger partial charge in [0.2, 0.25) is 5.91 Å². The van der Waals surface area contributed by atoms with Crippen molar-refractivity contribution < 1.29 is 4.79 Å². The van der Waals surface area contributed by atoms with E-state index in [1.807, 2.05) is 51.1 Å². The molecule has 2 rings (SSSR count). The number of amides is 1. The van der Waals surface area contributed by atoms with E-state index in [1.165, 1.54) is 0 Å². The van der Waals surface area contributed by atoms with Crippen LogP contribution in [0.5, 0.6) is 0 Å². The number of hydrogen-bond donors (Lipinski definition) is 2. The minimum atomic E-state index is -0.497. The molecule has 3 N–H and O–H groups in total. The number of carbonyl (C=O) groups is 1. The van der Waals surface area contributed by atoms with Crippen molar-refractivity contribution in [2.24, 2.45) is 11.1 Å². The third-order valence-corrected chi connectivity index (χ3v) is 3.63. The molecule has 0 aliphatic heterocycles. The topological polar surface area (TPSA) is 68.0 Å².